The molecule has 1 aromatic carbocycles. The predicted molar refractivity (Wildman–Crippen MR) is 78.0 cm³/mol. The van der Waals surface area contributed by atoms with Gasteiger partial charge in [-0.05, 0) is 25.5 Å². The molecule has 0 radical (unpaired) electrons. The van der Waals surface area contributed by atoms with E-state index in [1.54, 1.807) is 0 Å². The Hall–Kier alpha value is -1.14. The Morgan fingerprint density at radius 3 is 2.68 bits per heavy atom. The number of nitrogens with one attached hydrogen (secondary N) is 1. The third kappa shape index (κ3) is 4.80. The van der Waals surface area contributed by atoms with Crippen molar-refractivity contribution in [1.82, 2.24) is 5.32 Å². The van der Waals surface area contributed by atoms with Crippen molar-refractivity contribution in [2.45, 2.75) is 31.1 Å². The molecular formula is C12H14BrClN2O3. The normalized spacial score (nSPS) is 13.7. The minimum atomic E-state index is -0.613. The summed E-state index contributed by atoms with van der Waals surface area (Å²) in [5.74, 6) is -0.469. The van der Waals surface area contributed by atoms with E-state index in [4.69, 9.17) is 11.6 Å². The van der Waals surface area contributed by atoms with Gasteiger partial charge in [-0.1, -0.05) is 34.5 Å². The van der Waals surface area contributed by atoms with Gasteiger partial charge >= 0.3 is 0 Å². The highest BCUT2D eigenvalue weighted by atomic mass is 79.9. The van der Waals surface area contributed by atoms with Crippen LogP contribution < -0.4 is 5.32 Å². The fourth-order valence-electron chi connectivity index (χ4n) is 1.70. The maximum atomic E-state index is 12.0. The summed E-state index contributed by atoms with van der Waals surface area (Å²) in [6.45, 7) is 3.81. The topological polar surface area (TPSA) is 72.2 Å². The predicted octanol–water partition coefficient (Wildman–Crippen LogP) is 3.54. The molecule has 0 saturated heterocycles. The number of nitro groups is 1. The van der Waals surface area contributed by atoms with Crippen molar-refractivity contribution in [3.8, 4) is 0 Å². The molecule has 19 heavy (non-hydrogen) atoms. The molecule has 0 aliphatic rings. The summed E-state index contributed by atoms with van der Waals surface area (Å²) in [4.78, 5) is 22.5. The first kappa shape index (κ1) is 15.9. The van der Waals surface area contributed by atoms with E-state index >= 15 is 0 Å². The molecule has 0 heterocycles. The van der Waals surface area contributed by atoms with E-state index in [1.165, 1.54) is 18.2 Å². The molecule has 1 N–H and O–H groups in total. The molecular weight excluding hydrogens is 336 g/mol. The van der Waals surface area contributed by atoms with Crippen molar-refractivity contribution >= 4 is 39.1 Å². The standard InChI is InChI=1S/C12H14BrClN2O3/c1-7(13)5-8(2)15-12(17)10-4-3-9(14)6-11(10)16(18)19/h3-4,6-8H,5H2,1-2H3,(H,15,17). The van der Waals surface area contributed by atoms with E-state index in [9.17, 15) is 14.9 Å². The summed E-state index contributed by atoms with van der Waals surface area (Å²) >= 11 is 9.09. The lowest BCUT2D eigenvalue weighted by Gasteiger charge is -2.15. The smallest absolute Gasteiger partial charge is 0.283 e. The second-order valence-corrected chi connectivity index (χ2v) is 6.31. The molecule has 2 atom stereocenters. The maximum absolute atomic E-state index is 12.0. The van der Waals surface area contributed by atoms with E-state index < -0.39 is 10.8 Å². The van der Waals surface area contributed by atoms with Crippen LogP contribution in [-0.4, -0.2) is 21.7 Å². The molecule has 2 unspecified atom stereocenters. The Morgan fingerprint density at radius 2 is 2.16 bits per heavy atom. The van der Waals surface area contributed by atoms with E-state index in [0.717, 1.165) is 6.42 Å². The van der Waals surface area contributed by atoms with Crippen LogP contribution in [0.1, 0.15) is 30.6 Å². The monoisotopic (exact) mass is 348 g/mol. The van der Waals surface area contributed by atoms with Crippen molar-refractivity contribution in [3.05, 3.63) is 38.9 Å². The minimum absolute atomic E-state index is 0.0171. The van der Waals surface area contributed by atoms with Gasteiger partial charge in [-0.25, -0.2) is 0 Å². The summed E-state index contributed by atoms with van der Waals surface area (Å²) in [5.41, 5.74) is -0.271. The number of benzene rings is 1. The number of hydrogen-bond donors (Lipinski definition) is 1. The van der Waals surface area contributed by atoms with Crippen LogP contribution in [0.25, 0.3) is 0 Å². The molecule has 104 valence electrons. The number of rotatable bonds is 5. The molecule has 0 aliphatic heterocycles. The van der Waals surface area contributed by atoms with Crippen LogP contribution in [0.2, 0.25) is 5.02 Å². The summed E-state index contributed by atoms with van der Waals surface area (Å²) in [6.07, 6.45) is 0.729. The average Bonchev–Trinajstić information content (AvgIpc) is 2.27. The lowest BCUT2D eigenvalue weighted by atomic mass is 10.1. The maximum Gasteiger partial charge on any atom is 0.283 e. The summed E-state index contributed by atoms with van der Waals surface area (Å²) in [7, 11) is 0. The first-order chi connectivity index (χ1) is 8.81. The molecule has 1 rings (SSSR count). The molecule has 7 heteroatoms. The van der Waals surface area contributed by atoms with Gasteiger partial charge < -0.3 is 5.32 Å². The fraction of sp³-hybridized carbons (Fsp3) is 0.417. The van der Waals surface area contributed by atoms with Crippen LogP contribution in [0.3, 0.4) is 0 Å². The molecule has 5 nitrogen and oxygen atoms in total. The summed E-state index contributed by atoms with van der Waals surface area (Å²) in [5, 5.41) is 13.9. The van der Waals surface area contributed by atoms with Gasteiger partial charge in [-0.15, -0.1) is 0 Å². The van der Waals surface area contributed by atoms with Crippen molar-refractivity contribution in [3.63, 3.8) is 0 Å². The van der Waals surface area contributed by atoms with Gasteiger partial charge in [0.1, 0.15) is 5.56 Å². The molecule has 1 aromatic rings. The first-order valence-electron chi connectivity index (χ1n) is 5.70. The number of alkyl halides is 1. The SMILES string of the molecule is CC(Br)CC(C)NC(=O)c1ccc(Cl)cc1[N+](=O)[O-]. The minimum Gasteiger partial charge on any atom is -0.349 e. The molecule has 0 saturated carbocycles. The quantitative estimate of drug-likeness (QED) is 0.502. The summed E-state index contributed by atoms with van der Waals surface area (Å²) < 4.78 is 0. The van der Waals surface area contributed by atoms with Gasteiger partial charge in [0.15, 0.2) is 0 Å². The average molecular weight is 350 g/mol. The van der Waals surface area contributed by atoms with Crippen LogP contribution in [-0.2, 0) is 0 Å². The number of amides is 1. The summed E-state index contributed by atoms with van der Waals surface area (Å²) in [6, 6.07) is 3.91. The molecule has 0 aromatic heterocycles. The zero-order valence-electron chi connectivity index (χ0n) is 10.5. The highest BCUT2D eigenvalue weighted by Crippen LogP contribution is 2.23. The molecule has 0 spiro atoms. The first-order valence-corrected chi connectivity index (χ1v) is 6.99. The number of nitro benzene ring substituents is 1. The highest BCUT2D eigenvalue weighted by molar-refractivity contribution is 9.09. The van der Waals surface area contributed by atoms with Crippen LogP contribution >= 0.6 is 27.5 Å². The van der Waals surface area contributed by atoms with Gasteiger partial charge in [0, 0.05) is 22.0 Å². The fourth-order valence-corrected chi connectivity index (χ4v) is 2.42. The number of carbonyl (C=O) groups is 1. The second-order valence-electron chi connectivity index (χ2n) is 4.31. The second kappa shape index (κ2) is 6.86. The number of hydrogen-bond acceptors (Lipinski definition) is 3. The van der Waals surface area contributed by atoms with Crippen LogP contribution in [0.15, 0.2) is 18.2 Å². The van der Waals surface area contributed by atoms with Crippen molar-refractivity contribution < 1.29 is 9.72 Å². The van der Waals surface area contributed by atoms with Crippen molar-refractivity contribution in [1.29, 1.82) is 0 Å². The van der Waals surface area contributed by atoms with Crippen molar-refractivity contribution in [2.24, 2.45) is 0 Å². The third-order valence-electron chi connectivity index (χ3n) is 2.46. The number of carbonyl (C=O) groups excluding carboxylic acids is 1. The van der Waals surface area contributed by atoms with Gasteiger partial charge in [0.25, 0.3) is 11.6 Å². The van der Waals surface area contributed by atoms with Crippen LogP contribution in [0, 0.1) is 10.1 Å². The zero-order valence-corrected chi connectivity index (χ0v) is 12.9. The third-order valence-corrected chi connectivity index (χ3v) is 3.07. The molecule has 0 bridgehead atoms. The van der Waals surface area contributed by atoms with Gasteiger partial charge in [-0.3, -0.25) is 14.9 Å². The molecule has 0 fully saturated rings. The lowest BCUT2D eigenvalue weighted by molar-refractivity contribution is -0.385. The Labute approximate surface area is 124 Å². The van der Waals surface area contributed by atoms with Crippen LogP contribution in [0.5, 0.6) is 0 Å². The van der Waals surface area contributed by atoms with E-state index in [-0.39, 0.29) is 27.1 Å². The Bertz CT molecular complexity index is 494. The largest absolute Gasteiger partial charge is 0.349 e. The number of nitrogens with zero attached hydrogens (tertiary/aromatic N) is 1. The number of halogens is 2. The Balaban J connectivity index is 2.91. The molecule has 1 amide bonds. The van der Waals surface area contributed by atoms with Gasteiger partial charge in [0.2, 0.25) is 0 Å². The Morgan fingerprint density at radius 1 is 1.53 bits per heavy atom. The van der Waals surface area contributed by atoms with E-state index in [2.05, 4.69) is 21.2 Å². The van der Waals surface area contributed by atoms with E-state index in [1.807, 2.05) is 13.8 Å². The van der Waals surface area contributed by atoms with Gasteiger partial charge in [0.05, 0.1) is 4.92 Å². The van der Waals surface area contributed by atoms with E-state index in [0.29, 0.717) is 0 Å². The van der Waals surface area contributed by atoms with Gasteiger partial charge in [-0.2, -0.15) is 0 Å². The van der Waals surface area contributed by atoms with Crippen molar-refractivity contribution in [2.75, 3.05) is 0 Å². The molecule has 0 aliphatic carbocycles. The Kier molecular flexibility index (Phi) is 5.75. The highest BCUT2D eigenvalue weighted by Gasteiger charge is 2.21. The van der Waals surface area contributed by atoms with Crippen LogP contribution in [0.4, 0.5) is 5.69 Å². The lowest BCUT2D eigenvalue weighted by Crippen LogP contribution is -2.34. The zero-order chi connectivity index (χ0) is 14.6.